The quantitative estimate of drug-likeness (QED) is 0.640. The van der Waals surface area contributed by atoms with Gasteiger partial charge in [0.15, 0.2) is 5.65 Å². The Bertz CT molecular complexity index is 1010. The number of rotatable bonds is 7. The van der Waals surface area contributed by atoms with Crippen LogP contribution in [0.15, 0.2) is 30.7 Å². The number of alkyl halides is 3. The molecule has 0 aliphatic carbocycles. The van der Waals surface area contributed by atoms with Crippen molar-refractivity contribution in [3.8, 4) is 6.01 Å². The van der Waals surface area contributed by atoms with Gasteiger partial charge in [0.25, 0.3) is 5.91 Å². The molecular formula is C17H18F3N7O2. The topological polar surface area (TPSA) is 97.5 Å². The first-order chi connectivity index (χ1) is 13.8. The minimum absolute atomic E-state index is 0.0745. The molecule has 12 heteroatoms. The van der Waals surface area contributed by atoms with Crippen LogP contribution >= 0.6 is 0 Å². The highest BCUT2D eigenvalue weighted by Crippen LogP contribution is 2.22. The van der Waals surface area contributed by atoms with Gasteiger partial charge in [0.05, 0.1) is 13.3 Å². The summed E-state index contributed by atoms with van der Waals surface area (Å²) in [7, 11) is 1.39. The molecule has 0 radical (unpaired) electrons. The van der Waals surface area contributed by atoms with Crippen LogP contribution in [-0.4, -0.2) is 56.8 Å². The largest absolute Gasteiger partial charge is 0.467 e. The fourth-order valence-electron chi connectivity index (χ4n) is 2.65. The summed E-state index contributed by atoms with van der Waals surface area (Å²) < 4.78 is 44.9. The Kier molecular flexibility index (Phi) is 5.80. The van der Waals surface area contributed by atoms with Gasteiger partial charge in [0, 0.05) is 18.9 Å². The predicted molar refractivity (Wildman–Crippen MR) is 98.1 cm³/mol. The van der Waals surface area contributed by atoms with Crippen LogP contribution in [0.3, 0.4) is 0 Å². The second-order valence-electron chi connectivity index (χ2n) is 6.03. The predicted octanol–water partition coefficient (Wildman–Crippen LogP) is 2.56. The van der Waals surface area contributed by atoms with Crippen molar-refractivity contribution in [3.05, 3.63) is 36.3 Å². The summed E-state index contributed by atoms with van der Waals surface area (Å²) in [5, 5.41) is 6.60. The number of ether oxygens (including phenoxy) is 1. The van der Waals surface area contributed by atoms with Gasteiger partial charge >= 0.3 is 12.2 Å². The van der Waals surface area contributed by atoms with Crippen LogP contribution in [0.2, 0.25) is 0 Å². The van der Waals surface area contributed by atoms with E-state index in [0.717, 1.165) is 4.90 Å². The van der Waals surface area contributed by atoms with Crippen LogP contribution in [0.1, 0.15) is 23.7 Å². The third-order valence-electron chi connectivity index (χ3n) is 3.84. The maximum atomic E-state index is 12.9. The summed E-state index contributed by atoms with van der Waals surface area (Å²) in [4.78, 5) is 25.8. The van der Waals surface area contributed by atoms with Gasteiger partial charge in [0.1, 0.15) is 23.7 Å². The lowest BCUT2D eigenvalue weighted by molar-refractivity contribution is -0.119. The molecule has 29 heavy (non-hydrogen) atoms. The monoisotopic (exact) mass is 409 g/mol. The first-order valence-electron chi connectivity index (χ1n) is 8.65. The molecule has 3 rings (SSSR count). The average Bonchev–Trinajstić information content (AvgIpc) is 3.10. The van der Waals surface area contributed by atoms with Crippen LogP contribution < -0.4 is 15.0 Å². The molecular weight excluding hydrogens is 391 g/mol. The molecule has 3 aromatic heterocycles. The molecule has 0 saturated carbocycles. The van der Waals surface area contributed by atoms with Gasteiger partial charge in [-0.2, -0.15) is 23.3 Å². The van der Waals surface area contributed by atoms with Gasteiger partial charge in [0.2, 0.25) is 0 Å². The lowest BCUT2D eigenvalue weighted by atomic mass is 10.3. The SMILES string of the molecule is CCCN(CC(F)(F)F)c1ccn2ncc(C(=O)Nc3ccnc(OC)n3)c2n1. The minimum Gasteiger partial charge on any atom is -0.467 e. The lowest BCUT2D eigenvalue weighted by Crippen LogP contribution is -2.35. The number of nitrogens with zero attached hydrogens (tertiary/aromatic N) is 6. The third kappa shape index (κ3) is 4.89. The average molecular weight is 409 g/mol. The van der Waals surface area contributed by atoms with Crippen LogP contribution in [0, 0.1) is 0 Å². The van der Waals surface area contributed by atoms with Gasteiger partial charge in [-0.1, -0.05) is 6.92 Å². The van der Waals surface area contributed by atoms with Crippen LogP contribution in [0.4, 0.5) is 24.8 Å². The zero-order chi connectivity index (χ0) is 21.0. The highest BCUT2D eigenvalue weighted by Gasteiger charge is 2.31. The van der Waals surface area contributed by atoms with E-state index in [-0.39, 0.29) is 35.4 Å². The van der Waals surface area contributed by atoms with E-state index in [4.69, 9.17) is 4.74 Å². The van der Waals surface area contributed by atoms with Crippen molar-refractivity contribution in [3.63, 3.8) is 0 Å². The molecule has 9 nitrogen and oxygen atoms in total. The summed E-state index contributed by atoms with van der Waals surface area (Å²) in [5.74, 6) is -0.264. The molecule has 3 heterocycles. The zero-order valence-electron chi connectivity index (χ0n) is 15.6. The summed E-state index contributed by atoms with van der Waals surface area (Å²) >= 11 is 0. The molecule has 1 N–H and O–H groups in total. The lowest BCUT2D eigenvalue weighted by Gasteiger charge is -2.24. The minimum atomic E-state index is -4.38. The molecule has 0 bridgehead atoms. The standard InChI is InChI=1S/C17H18F3N7O2/c1-3-7-26(10-17(18,19)20)13-5-8-27-14(25-13)11(9-22-27)15(28)23-12-4-6-21-16(24-12)29-2/h4-6,8-9H,3,7,10H2,1-2H3,(H,21,23,24,28). The Hall–Kier alpha value is -3.44. The highest BCUT2D eigenvalue weighted by atomic mass is 19.4. The number of anilines is 2. The van der Waals surface area contributed by atoms with E-state index in [1.54, 1.807) is 6.92 Å². The van der Waals surface area contributed by atoms with Crippen molar-refractivity contribution in [1.29, 1.82) is 0 Å². The van der Waals surface area contributed by atoms with E-state index in [1.165, 1.54) is 42.3 Å². The van der Waals surface area contributed by atoms with E-state index in [2.05, 4.69) is 25.4 Å². The highest BCUT2D eigenvalue weighted by molar-refractivity contribution is 6.07. The Labute approximate surface area is 163 Å². The maximum Gasteiger partial charge on any atom is 0.405 e. The van der Waals surface area contributed by atoms with Crippen molar-refractivity contribution in [2.75, 3.05) is 30.4 Å². The summed E-state index contributed by atoms with van der Waals surface area (Å²) in [5.41, 5.74) is 0.220. The van der Waals surface area contributed by atoms with Crippen LogP contribution in [0.25, 0.3) is 5.65 Å². The van der Waals surface area contributed by atoms with E-state index in [0.29, 0.717) is 6.42 Å². The number of carbonyl (C=O) groups is 1. The second kappa shape index (κ2) is 8.29. The molecule has 0 unspecified atom stereocenters. The number of hydrogen-bond donors (Lipinski definition) is 1. The van der Waals surface area contributed by atoms with Crippen molar-refractivity contribution in [2.24, 2.45) is 0 Å². The number of carbonyl (C=O) groups excluding carboxylic acids is 1. The van der Waals surface area contributed by atoms with Gasteiger partial charge in [-0.3, -0.25) is 4.79 Å². The van der Waals surface area contributed by atoms with E-state index in [1.807, 2.05) is 0 Å². The Balaban J connectivity index is 1.90. The molecule has 3 aromatic rings. The second-order valence-corrected chi connectivity index (χ2v) is 6.03. The molecule has 0 atom stereocenters. The van der Waals surface area contributed by atoms with E-state index < -0.39 is 18.6 Å². The third-order valence-corrected chi connectivity index (χ3v) is 3.84. The zero-order valence-corrected chi connectivity index (χ0v) is 15.6. The number of nitrogens with one attached hydrogen (secondary N) is 1. The van der Waals surface area contributed by atoms with Crippen molar-refractivity contribution in [1.82, 2.24) is 24.6 Å². The van der Waals surface area contributed by atoms with Crippen LogP contribution in [-0.2, 0) is 0 Å². The molecule has 0 spiro atoms. The molecule has 0 saturated heterocycles. The first kappa shape index (κ1) is 20.3. The fraction of sp³-hybridized carbons (Fsp3) is 0.353. The molecule has 0 aromatic carbocycles. The molecule has 0 aliphatic heterocycles. The smallest absolute Gasteiger partial charge is 0.405 e. The van der Waals surface area contributed by atoms with Crippen molar-refractivity contribution < 1.29 is 22.7 Å². The normalized spacial score (nSPS) is 11.5. The van der Waals surface area contributed by atoms with Gasteiger partial charge in [-0.15, -0.1) is 0 Å². The Morgan fingerprint density at radius 2 is 2.10 bits per heavy atom. The van der Waals surface area contributed by atoms with Gasteiger partial charge < -0.3 is 15.0 Å². The molecule has 0 fully saturated rings. The van der Waals surface area contributed by atoms with E-state index >= 15 is 0 Å². The fourth-order valence-corrected chi connectivity index (χ4v) is 2.65. The molecule has 154 valence electrons. The first-order valence-corrected chi connectivity index (χ1v) is 8.65. The summed E-state index contributed by atoms with van der Waals surface area (Å²) in [6, 6.07) is 2.97. The van der Waals surface area contributed by atoms with Crippen molar-refractivity contribution in [2.45, 2.75) is 19.5 Å². The number of hydrogen-bond acceptors (Lipinski definition) is 7. The van der Waals surface area contributed by atoms with Gasteiger partial charge in [-0.05, 0) is 18.6 Å². The molecule has 1 amide bonds. The number of methoxy groups -OCH3 is 1. The maximum absolute atomic E-state index is 12.9. The number of halogens is 3. The number of amides is 1. The van der Waals surface area contributed by atoms with Gasteiger partial charge in [-0.25, -0.2) is 14.5 Å². The number of fused-ring (bicyclic) bond motifs is 1. The Morgan fingerprint density at radius 3 is 2.79 bits per heavy atom. The Morgan fingerprint density at radius 1 is 1.31 bits per heavy atom. The van der Waals surface area contributed by atoms with Crippen molar-refractivity contribution >= 4 is 23.2 Å². The summed E-state index contributed by atoms with van der Waals surface area (Å²) in [6.07, 6.45) is 0.281. The summed E-state index contributed by atoms with van der Waals surface area (Å²) in [6.45, 7) is 0.801. The van der Waals surface area contributed by atoms with E-state index in [9.17, 15) is 18.0 Å². The molecule has 0 aliphatic rings. The van der Waals surface area contributed by atoms with Crippen LogP contribution in [0.5, 0.6) is 6.01 Å². The number of aromatic nitrogens is 5.